The number of amides is 1. The van der Waals surface area contributed by atoms with Crippen molar-refractivity contribution in [2.75, 3.05) is 24.8 Å². The first-order valence-electron chi connectivity index (χ1n) is 9.22. The highest BCUT2D eigenvalue weighted by atomic mass is 32.2. The minimum atomic E-state index is -0.137. The summed E-state index contributed by atoms with van der Waals surface area (Å²) in [4.78, 5) is 12.3. The largest absolute Gasteiger partial charge is 0.497 e. The molecule has 1 amide bonds. The number of aromatic nitrogens is 5. The summed E-state index contributed by atoms with van der Waals surface area (Å²) in [5.41, 5.74) is 1.46. The molecule has 0 aliphatic rings. The Bertz CT molecular complexity index is 984. The summed E-state index contributed by atoms with van der Waals surface area (Å²) >= 11 is 1.31. The average molecular weight is 417 g/mol. The molecule has 0 radical (unpaired) electrons. The zero-order valence-electron chi connectivity index (χ0n) is 16.9. The molecule has 0 bridgehead atoms. The number of nitrogens with one attached hydrogen (secondary N) is 1. The number of carbonyl (C=O) groups is 1. The van der Waals surface area contributed by atoms with Crippen LogP contribution in [0.3, 0.4) is 0 Å². The van der Waals surface area contributed by atoms with Gasteiger partial charge in [0.1, 0.15) is 11.3 Å². The normalized spacial score (nSPS) is 10.8. The summed E-state index contributed by atoms with van der Waals surface area (Å²) in [7, 11) is 3.44. The lowest BCUT2D eigenvalue weighted by atomic mass is 10.3. The Hall–Kier alpha value is -3.01. The van der Waals surface area contributed by atoms with E-state index in [0.29, 0.717) is 34.9 Å². The number of anilines is 1. The molecule has 154 valence electrons. The first-order valence-corrected chi connectivity index (χ1v) is 10.2. The van der Waals surface area contributed by atoms with Crippen molar-refractivity contribution in [2.24, 2.45) is 7.05 Å². The minimum Gasteiger partial charge on any atom is -0.497 e. The molecule has 3 rings (SSSR count). The molecule has 0 saturated heterocycles. The van der Waals surface area contributed by atoms with E-state index in [1.165, 1.54) is 11.8 Å². The van der Waals surface area contributed by atoms with Gasteiger partial charge in [0.25, 0.3) is 0 Å². The van der Waals surface area contributed by atoms with Crippen LogP contribution in [0.1, 0.15) is 13.8 Å². The second kappa shape index (κ2) is 9.46. The van der Waals surface area contributed by atoms with Crippen LogP contribution in [0.15, 0.2) is 35.6 Å². The van der Waals surface area contributed by atoms with Gasteiger partial charge in [-0.3, -0.25) is 9.48 Å². The molecule has 0 aliphatic carbocycles. The fraction of sp³-hybridized carbons (Fsp3) is 0.368. The van der Waals surface area contributed by atoms with Crippen molar-refractivity contribution in [3.05, 3.63) is 30.5 Å². The van der Waals surface area contributed by atoms with Crippen molar-refractivity contribution in [3.8, 4) is 23.0 Å². The van der Waals surface area contributed by atoms with Crippen LogP contribution in [0, 0.1) is 0 Å². The third-order valence-corrected chi connectivity index (χ3v) is 5.11. The van der Waals surface area contributed by atoms with E-state index in [9.17, 15) is 4.79 Å². The van der Waals surface area contributed by atoms with Gasteiger partial charge in [0.15, 0.2) is 11.0 Å². The zero-order chi connectivity index (χ0) is 20.8. The van der Waals surface area contributed by atoms with Crippen LogP contribution in [0.25, 0.3) is 11.4 Å². The van der Waals surface area contributed by atoms with Crippen molar-refractivity contribution in [1.82, 2.24) is 24.5 Å². The number of nitrogens with zero attached hydrogens (tertiary/aromatic N) is 5. The highest BCUT2D eigenvalue weighted by Gasteiger charge is 2.19. The number of hydrogen-bond donors (Lipinski definition) is 1. The molecule has 0 aliphatic heterocycles. The van der Waals surface area contributed by atoms with E-state index in [1.54, 1.807) is 17.9 Å². The number of aryl methyl sites for hydroxylation is 1. The Kier molecular flexibility index (Phi) is 6.76. The fourth-order valence-corrected chi connectivity index (χ4v) is 3.38. The van der Waals surface area contributed by atoms with Gasteiger partial charge in [-0.25, -0.2) is 0 Å². The van der Waals surface area contributed by atoms with E-state index in [-0.39, 0.29) is 11.7 Å². The van der Waals surface area contributed by atoms with Gasteiger partial charge in [-0.05, 0) is 26.0 Å². The van der Waals surface area contributed by atoms with Gasteiger partial charge in [-0.15, -0.1) is 15.3 Å². The van der Waals surface area contributed by atoms with Crippen molar-refractivity contribution in [1.29, 1.82) is 0 Å². The molecule has 29 heavy (non-hydrogen) atoms. The number of thioether (sulfide) groups is 1. The molecule has 2 aromatic heterocycles. The molecule has 0 spiro atoms. The molecule has 10 heteroatoms. The number of methoxy groups -OCH3 is 1. The monoisotopic (exact) mass is 416 g/mol. The van der Waals surface area contributed by atoms with Crippen LogP contribution in [-0.2, 0) is 18.4 Å². The maximum atomic E-state index is 12.3. The Balaban J connectivity index is 1.68. The molecule has 9 nitrogen and oxygen atoms in total. The summed E-state index contributed by atoms with van der Waals surface area (Å²) in [6.07, 6.45) is 1.89. The fourth-order valence-electron chi connectivity index (χ4n) is 2.67. The maximum absolute atomic E-state index is 12.3. The first kappa shape index (κ1) is 20.7. The topological polar surface area (TPSA) is 96.1 Å². The second-order valence-corrected chi connectivity index (χ2v) is 7.01. The predicted molar refractivity (Wildman–Crippen MR) is 111 cm³/mol. The van der Waals surface area contributed by atoms with Crippen molar-refractivity contribution in [2.45, 2.75) is 25.5 Å². The van der Waals surface area contributed by atoms with Gasteiger partial charge in [0.05, 0.1) is 19.5 Å². The van der Waals surface area contributed by atoms with E-state index < -0.39 is 0 Å². The molecule has 0 unspecified atom stereocenters. The maximum Gasteiger partial charge on any atom is 0.243 e. The van der Waals surface area contributed by atoms with Crippen LogP contribution in [-0.4, -0.2) is 49.9 Å². The summed E-state index contributed by atoms with van der Waals surface area (Å²) in [5, 5.41) is 16.4. The minimum absolute atomic E-state index is 0.137. The van der Waals surface area contributed by atoms with Crippen molar-refractivity contribution < 1.29 is 14.3 Å². The average Bonchev–Trinajstić information content (AvgIpc) is 3.29. The lowest BCUT2D eigenvalue weighted by Gasteiger charge is -2.07. The molecule has 1 aromatic carbocycles. The van der Waals surface area contributed by atoms with Crippen LogP contribution in [0.5, 0.6) is 11.6 Å². The van der Waals surface area contributed by atoms with Crippen molar-refractivity contribution >= 4 is 23.4 Å². The molecule has 1 N–H and O–H groups in total. The van der Waals surface area contributed by atoms with E-state index in [0.717, 1.165) is 12.1 Å². The Morgan fingerprint density at radius 1 is 1.28 bits per heavy atom. The summed E-state index contributed by atoms with van der Waals surface area (Å²) in [6.45, 7) is 5.15. The Labute approximate surface area is 173 Å². The third kappa shape index (κ3) is 4.89. The Morgan fingerprint density at radius 2 is 2.10 bits per heavy atom. The second-order valence-electron chi connectivity index (χ2n) is 6.07. The summed E-state index contributed by atoms with van der Waals surface area (Å²) < 4.78 is 14.4. The van der Waals surface area contributed by atoms with Gasteiger partial charge in [-0.1, -0.05) is 17.8 Å². The molecule has 0 atom stereocenters. The standard InChI is InChI=1S/C19H24N6O3S/c1-5-25-11-15(18(23-25)28-6-2)17-21-22-19(24(17)3)29-12-16(26)20-13-8-7-9-14(10-13)27-4/h7-11H,5-6,12H2,1-4H3,(H,20,26). The first-order chi connectivity index (χ1) is 14.0. The van der Waals surface area contributed by atoms with Gasteiger partial charge >= 0.3 is 0 Å². The smallest absolute Gasteiger partial charge is 0.243 e. The quantitative estimate of drug-likeness (QED) is 0.536. The number of ether oxygens (including phenoxy) is 2. The number of rotatable bonds is 9. The molecule has 0 fully saturated rings. The molecular formula is C19H24N6O3S. The lowest BCUT2D eigenvalue weighted by molar-refractivity contribution is -0.113. The Morgan fingerprint density at radius 3 is 2.83 bits per heavy atom. The summed E-state index contributed by atoms with van der Waals surface area (Å²) in [6, 6.07) is 7.22. The third-order valence-electron chi connectivity index (χ3n) is 4.09. The van der Waals surface area contributed by atoms with E-state index in [4.69, 9.17) is 9.47 Å². The molecule has 0 saturated carbocycles. The highest BCUT2D eigenvalue weighted by molar-refractivity contribution is 7.99. The van der Waals surface area contributed by atoms with Gasteiger partial charge in [-0.2, -0.15) is 0 Å². The van der Waals surface area contributed by atoms with E-state index in [1.807, 2.05) is 49.9 Å². The van der Waals surface area contributed by atoms with Crippen LogP contribution < -0.4 is 14.8 Å². The summed E-state index contributed by atoms with van der Waals surface area (Å²) in [5.74, 6) is 1.92. The van der Waals surface area contributed by atoms with Crippen LogP contribution in [0.4, 0.5) is 5.69 Å². The number of carbonyl (C=O) groups excluding carboxylic acids is 1. The SMILES string of the molecule is CCOc1nn(CC)cc1-c1nnc(SCC(=O)Nc2cccc(OC)c2)n1C. The molecular weight excluding hydrogens is 392 g/mol. The van der Waals surface area contributed by atoms with Crippen molar-refractivity contribution in [3.63, 3.8) is 0 Å². The van der Waals surface area contributed by atoms with Gasteiger partial charge < -0.3 is 19.4 Å². The number of hydrogen-bond acceptors (Lipinski definition) is 7. The molecule has 3 aromatic rings. The van der Waals surface area contributed by atoms with Gasteiger partial charge in [0, 0.05) is 31.5 Å². The van der Waals surface area contributed by atoms with Crippen LogP contribution in [0.2, 0.25) is 0 Å². The zero-order valence-corrected chi connectivity index (χ0v) is 17.7. The lowest BCUT2D eigenvalue weighted by Crippen LogP contribution is -2.14. The van der Waals surface area contributed by atoms with Crippen LogP contribution >= 0.6 is 11.8 Å². The van der Waals surface area contributed by atoms with E-state index >= 15 is 0 Å². The predicted octanol–water partition coefficient (Wildman–Crippen LogP) is 2.84. The van der Waals surface area contributed by atoms with Gasteiger partial charge in [0.2, 0.25) is 11.8 Å². The van der Waals surface area contributed by atoms with E-state index in [2.05, 4.69) is 20.6 Å². The number of benzene rings is 1. The highest BCUT2D eigenvalue weighted by Crippen LogP contribution is 2.29. The molecule has 2 heterocycles.